The Balaban J connectivity index is 4.97. The normalized spacial score (nSPS) is 14.5. The van der Waals surface area contributed by atoms with E-state index in [0.29, 0.717) is 25.0 Å². The molecule has 158 valence electrons. The Kier molecular flexibility index (Phi) is 16.9. The lowest BCUT2D eigenvalue weighted by Gasteiger charge is -2.22. The van der Waals surface area contributed by atoms with Gasteiger partial charge in [-0.25, -0.2) is 13.1 Å². The highest BCUT2D eigenvalue weighted by Gasteiger charge is 2.41. The molecule has 0 amide bonds. The first-order valence-corrected chi connectivity index (χ1v) is 13.4. The monoisotopic (exact) mass is 434 g/mol. The van der Waals surface area contributed by atoms with Crippen molar-refractivity contribution in [2.45, 2.75) is 79.1 Å². The maximum Gasteiger partial charge on any atom is 0.494 e. The van der Waals surface area contributed by atoms with Crippen LogP contribution in [0, 0.1) is 0 Å². The van der Waals surface area contributed by atoms with Crippen LogP contribution in [0.3, 0.4) is 0 Å². The van der Waals surface area contributed by atoms with Crippen molar-refractivity contribution in [2.75, 3.05) is 25.6 Å². The van der Waals surface area contributed by atoms with E-state index in [9.17, 15) is 9.13 Å². The van der Waals surface area contributed by atoms with Gasteiger partial charge in [0.1, 0.15) is 0 Å². The topological polar surface area (TPSA) is 80.3 Å². The van der Waals surface area contributed by atoms with Crippen LogP contribution in [-0.2, 0) is 31.0 Å². The molecule has 0 heterocycles. The smallest absolute Gasteiger partial charge is 0.287 e. The molecule has 7 nitrogen and oxygen atoms in total. The van der Waals surface area contributed by atoms with Crippen molar-refractivity contribution in [3.8, 4) is 0 Å². The van der Waals surface area contributed by atoms with Crippen LogP contribution >= 0.6 is 27.7 Å². The molecule has 1 unspecified atom stereocenters. The van der Waals surface area contributed by atoms with E-state index >= 15 is 0 Å². The second kappa shape index (κ2) is 16.6. The number of rotatable bonds is 19. The second-order valence-corrected chi connectivity index (χ2v) is 10.2. The fraction of sp³-hybridized carbons (Fsp3) is 1.00. The molecule has 0 aliphatic rings. The summed E-state index contributed by atoms with van der Waals surface area (Å²) in [6.45, 7) is 8.57. The summed E-state index contributed by atoms with van der Waals surface area (Å²) in [4.78, 5) is 0. The average Bonchev–Trinajstić information content (AvgIpc) is 2.59. The van der Waals surface area contributed by atoms with Crippen molar-refractivity contribution in [1.82, 2.24) is 0 Å². The van der Waals surface area contributed by atoms with Gasteiger partial charge >= 0.3 is 15.6 Å². The third-order valence-electron chi connectivity index (χ3n) is 3.17. The number of unbranched alkanes of at least 4 members (excludes halogenated alkanes) is 4. The molecule has 0 aliphatic heterocycles. The summed E-state index contributed by atoms with van der Waals surface area (Å²) < 4.78 is 52.3. The minimum atomic E-state index is -4.06. The van der Waals surface area contributed by atoms with Crippen molar-refractivity contribution < 1.29 is 31.0 Å². The summed E-state index contributed by atoms with van der Waals surface area (Å²) in [5.41, 5.74) is 0. The lowest BCUT2D eigenvalue weighted by atomic mass is 10.4. The van der Waals surface area contributed by atoms with E-state index in [2.05, 4.69) is 0 Å². The SMILES string of the molecule is CCCCOP(=O)(OCCCC)OP(=O)(OCCCC)OSCCCC. The zero-order valence-corrected chi connectivity index (χ0v) is 19.3. The van der Waals surface area contributed by atoms with E-state index in [-0.39, 0.29) is 19.8 Å². The predicted molar refractivity (Wildman–Crippen MR) is 107 cm³/mol. The maximum absolute atomic E-state index is 12.9. The van der Waals surface area contributed by atoms with Crippen LogP contribution in [0.2, 0.25) is 0 Å². The number of phosphoric ester groups is 1. The molecular weight excluding hydrogens is 398 g/mol. The molecule has 0 saturated carbocycles. The molecule has 0 N–H and O–H groups in total. The van der Waals surface area contributed by atoms with Crippen molar-refractivity contribution in [3.63, 3.8) is 0 Å². The molecule has 1 atom stereocenters. The van der Waals surface area contributed by atoms with Gasteiger partial charge in [-0.1, -0.05) is 53.4 Å². The van der Waals surface area contributed by atoms with Crippen molar-refractivity contribution >= 4 is 27.7 Å². The van der Waals surface area contributed by atoms with Crippen LogP contribution in [0.25, 0.3) is 0 Å². The minimum Gasteiger partial charge on any atom is -0.287 e. The van der Waals surface area contributed by atoms with Gasteiger partial charge in [0.05, 0.1) is 19.8 Å². The molecule has 0 aromatic rings. The Labute approximate surface area is 163 Å². The van der Waals surface area contributed by atoms with Crippen molar-refractivity contribution in [2.24, 2.45) is 0 Å². The Morgan fingerprint density at radius 3 is 1.50 bits per heavy atom. The van der Waals surface area contributed by atoms with Gasteiger partial charge in [-0.15, -0.1) is 0 Å². The fourth-order valence-electron chi connectivity index (χ4n) is 1.53. The van der Waals surface area contributed by atoms with Crippen LogP contribution in [0.1, 0.15) is 79.1 Å². The van der Waals surface area contributed by atoms with E-state index in [1.54, 1.807) is 0 Å². The molecule has 0 spiro atoms. The second-order valence-electron chi connectivity index (χ2n) is 5.79. The Hall–Kier alpha value is 0.610. The summed E-state index contributed by atoms with van der Waals surface area (Å²) in [5, 5.41) is 0. The minimum absolute atomic E-state index is 0.187. The molecule has 26 heavy (non-hydrogen) atoms. The first kappa shape index (κ1) is 26.6. The van der Waals surface area contributed by atoms with Crippen molar-refractivity contribution in [1.29, 1.82) is 0 Å². The van der Waals surface area contributed by atoms with E-state index in [1.165, 1.54) is 0 Å². The van der Waals surface area contributed by atoms with E-state index in [4.69, 9.17) is 21.9 Å². The van der Waals surface area contributed by atoms with Crippen LogP contribution in [0.5, 0.6) is 0 Å². The summed E-state index contributed by atoms with van der Waals surface area (Å²) in [6.07, 6.45) is 6.55. The molecule has 10 heteroatoms. The van der Waals surface area contributed by atoms with Gasteiger partial charge in [0.2, 0.25) is 0 Å². The highest BCUT2D eigenvalue weighted by atomic mass is 32.2. The lowest BCUT2D eigenvalue weighted by Crippen LogP contribution is -2.05. The summed E-state index contributed by atoms with van der Waals surface area (Å²) in [5.74, 6) is 0.638. The van der Waals surface area contributed by atoms with Crippen molar-refractivity contribution in [3.05, 3.63) is 0 Å². The molecule has 0 aliphatic carbocycles. The lowest BCUT2D eigenvalue weighted by molar-refractivity contribution is 0.129. The zero-order chi connectivity index (χ0) is 19.7. The van der Waals surface area contributed by atoms with Crippen LogP contribution < -0.4 is 0 Å². The number of hydrogen-bond donors (Lipinski definition) is 0. The first-order chi connectivity index (χ1) is 12.4. The first-order valence-electron chi connectivity index (χ1n) is 9.61. The summed E-state index contributed by atoms with van der Waals surface area (Å²) >= 11 is 0.995. The molecule has 0 aromatic carbocycles. The summed E-state index contributed by atoms with van der Waals surface area (Å²) in [7, 11) is -8.09. The molecule has 0 aromatic heterocycles. The Morgan fingerprint density at radius 2 is 1.08 bits per heavy atom. The number of phosphoric acid groups is 2. The van der Waals surface area contributed by atoms with Crippen LogP contribution in [0.15, 0.2) is 0 Å². The van der Waals surface area contributed by atoms with Gasteiger partial charge in [-0.2, -0.15) is 4.31 Å². The molecule has 0 fully saturated rings. The van der Waals surface area contributed by atoms with Gasteiger partial charge in [0, 0.05) is 17.8 Å². The molecule has 0 saturated heterocycles. The summed E-state index contributed by atoms with van der Waals surface area (Å²) in [6, 6.07) is 0. The molecule has 0 bridgehead atoms. The van der Waals surface area contributed by atoms with Gasteiger partial charge < -0.3 is 0 Å². The highest BCUT2D eigenvalue weighted by Crippen LogP contribution is 2.67. The fourth-order valence-corrected chi connectivity index (χ4v) is 5.96. The predicted octanol–water partition coefficient (Wildman–Crippen LogP) is 7.13. The van der Waals surface area contributed by atoms with Crippen LogP contribution in [0.4, 0.5) is 0 Å². The largest absolute Gasteiger partial charge is 0.494 e. The highest BCUT2D eigenvalue weighted by molar-refractivity contribution is 7.98. The zero-order valence-electron chi connectivity index (χ0n) is 16.6. The maximum atomic E-state index is 12.9. The molecular formula is C16H36O7P2S. The standard InChI is InChI=1S/C16H36O7P2S/c1-5-9-13-19-24(17,20-14-10-6-2)22-25(18,21-15-11-7-3)23-26-16-12-8-4/h5-16H2,1-4H3. The van der Waals surface area contributed by atoms with Gasteiger partial charge in [0.25, 0.3) is 0 Å². The van der Waals surface area contributed by atoms with Gasteiger partial charge in [-0.05, 0) is 25.7 Å². The van der Waals surface area contributed by atoms with E-state index < -0.39 is 15.6 Å². The third-order valence-corrected chi connectivity index (χ3v) is 7.87. The van der Waals surface area contributed by atoms with Gasteiger partial charge in [-0.3, -0.25) is 13.6 Å². The van der Waals surface area contributed by atoms with Gasteiger partial charge in [0.15, 0.2) is 0 Å². The van der Waals surface area contributed by atoms with E-state index in [1.807, 2.05) is 27.7 Å². The van der Waals surface area contributed by atoms with E-state index in [0.717, 1.165) is 44.1 Å². The average molecular weight is 434 g/mol. The quantitative estimate of drug-likeness (QED) is 0.121. The number of hydrogen-bond acceptors (Lipinski definition) is 8. The molecule has 0 radical (unpaired) electrons. The van der Waals surface area contributed by atoms with Crippen LogP contribution in [-0.4, -0.2) is 25.6 Å². The Bertz CT molecular complexity index is 409. The third kappa shape index (κ3) is 13.7. The Morgan fingerprint density at radius 1 is 0.654 bits per heavy atom. The molecule has 0 rings (SSSR count).